The zero-order chi connectivity index (χ0) is 109. The minimum absolute atomic E-state index is 0.00579. The monoisotopic (exact) mass is 2120 g/mol. The first-order valence-electron chi connectivity index (χ1n) is 53.0. The lowest BCUT2D eigenvalue weighted by Crippen LogP contribution is -2.69. The van der Waals surface area contributed by atoms with Gasteiger partial charge in [-0.1, -0.05) is 125 Å². The Morgan fingerprint density at radius 2 is 1.05 bits per heavy atom. The Labute approximate surface area is 859 Å². The molecule has 0 spiro atoms. The summed E-state index contributed by atoms with van der Waals surface area (Å²) in [6.45, 7) is 20.9. The van der Waals surface area contributed by atoms with Gasteiger partial charge >= 0.3 is 17.9 Å². The van der Waals surface area contributed by atoms with E-state index in [1.54, 1.807) is 27.7 Å². The average molecular weight is 2120 g/mol. The van der Waals surface area contributed by atoms with E-state index in [-0.39, 0.29) is 95.4 Å². The maximum Gasteiger partial charge on any atom is 0.335 e. The second-order valence-electron chi connectivity index (χ2n) is 45.7. The van der Waals surface area contributed by atoms with Gasteiger partial charge in [0.15, 0.2) is 25.0 Å². The van der Waals surface area contributed by atoms with Crippen LogP contribution in [0.25, 0.3) is 0 Å². The molecule has 14 aliphatic rings. The molecule has 14 rings (SSSR count). The van der Waals surface area contributed by atoms with E-state index in [1.807, 2.05) is 13.8 Å². The molecule has 7 saturated heterocycles. The molecule has 6 saturated carbocycles. The van der Waals surface area contributed by atoms with Crippen molar-refractivity contribution < 1.29 is 223 Å². The molecule has 0 bridgehead atoms. The number of aliphatic carboxylic acids is 1. The standard InChI is InChI=1S/C83H138O32.C7H14O5.2C6H12O4/c1-12-13-14-15-16-17-18-19-20-21-31-104-54(89)26-32-105-65-42(3)108-75(70(61(65)96)109-48-33-41(2)64(67(103-11)58(48)93)112-74-63(98)66(102-10)47(87)39-107-74)115-77(101)83-30-29-78(4,5)35-45(83)44-22-23-51-79(6)27-25-53(80(7,40-85)50(79)24-28-81(51,8)82(44,9)36-52(83)88)111-76-71(110-49-34-43(37-84)55(90)59(94)57(49)92)68(62(97)69(114-76)72(99)100)113-73-60(95)56(91)46(86)38-106-73;1-3-5(9)7(11)6(10)4(2-8)12-3;1-4-5(8)6(9,2-7)3-10-4;1-3-5(8)6(9)4(7)2-10-3/h22,41-43,45-53,55-71,73-76,84-88,90-98H,12-21,23-40H2,1-11H3,(H,99,100);3-11H,2H2,1H3;4-5,7-9H,2-3H2,1H3;3-9H,2H2,1H3/t41?,42?,43?,45?,46-,47-,48-,49-,50?,51?,52?,53?,55+,56?,57?,58?,59?,60?,61?,62+,63?,64+,65+,66?,67?,68?,69?,70?,71?,73+,74+,75+,76-,79+,80+,81-,82-,83-;3-,4?,5?,6+,7?;4-,5+,6?;3-,4+,5?,6?/m1000/s1. The molecule has 13 fully saturated rings. The van der Waals surface area contributed by atoms with E-state index in [2.05, 4.69) is 47.6 Å². The van der Waals surface area contributed by atoms with Gasteiger partial charge in [0, 0.05) is 32.2 Å². The van der Waals surface area contributed by atoms with Crippen molar-refractivity contribution >= 4 is 17.9 Å². The molecule has 854 valence electrons. The Bertz CT molecular complexity index is 4050. The second kappa shape index (κ2) is 52.8. The van der Waals surface area contributed by atoms with Crippen molar-refractivity contribution in [3.05, 3.63) is 11.6 Å². The number of fused-ring (bicyclic) bond motifs is 7. The van der Waals surface area contributed by atoms with Gasteiger partial charge in [0.25, 0.3) is 0 Å². The molecule has 0 aromatic carbocycles. The number of aliphatic hydroxyl groups is 24. The molecule has 25 N–H and O–H groups in total. The Hall–Kier alpha value is -3.41. The maximum atomic E-state index is 16.2. The van der Waals surface area contributed by atoms with Crippen LogP contribution in [-0.2, 0) is 94.9 Å². The quantitative estimate of drug-likeness (QED) is 0.0135. The molecule has 27 unspecified atom stereocenters. The highest BCUT2D eigenvalue weighted by molar-refractivity contribution is 5.80. The summed E-state index contributed by atoms with van der Waals surface area (Å²) in [7, 11) is 2.72. The highest BCUT2D eigenvalue weighted by atomic mass is 16.8. The first-order chi connectivity index (χ1) is 69.2. The van der Waals surface area contributed by atoms with E-state index in [4.69, 9.17) is 106 Å². The minimum atomic E-state index is -2.13. The van der Waals surface area contributed by atoms with Crippen LogP contribution in [-0.4, -0.2) is 470 Å². The summed E-state index contributed by atoms with van der Waals surface area (Å²) in [5, 5.41) is 261. The van der Waals surface area contributed by atoms with Gasteiger partial charge in [0.2, 0.25) is 6.29 Å². The third-order valence-electron chi connectivity index (χ3n) is 35.5. The van der Waals surface area contributed by atoms with Gasteiger partial charge < -0.3 is 208 Å². The number of esters is 2. The Kier molecular flexibility index (Phi) is 44.5. The predicted molar refractivity (Wildman–Crippen MR) is 510 cm³/mol. The summed E-state index contributed by atoms with van der Waals surface area (Å²) in [5.74, 6) is -5.52. The summed E-state index contributed by atoms with van der Waals surface area (Å²) in [5.41, 5.74) is -5.46. The molecule has 7 heterocycles. The molecular formula is C102H176O45. The van der Waals surface area contributed by atoms with Crippen LogP contribution in [0, 0.1) is 62.1 Å². The number of carbonyl (C=O) groups excluding carboxylic acids is 2. The van der Waals surface area contributed by atoms with E-state index in [0.717, 1.165) is 31.3 Å². The van der Waals surface area contributed by atoms with E-state index in [1.165, 1.54) is 52.7 Å². The number of unbranched alkanes of at least 4 members (excludes halogenated alkanes) is 9. The van der Waals surface area contributed by atoms with Crippen LogP contribution in [0.3, 0.4) is 0 Å². The maximum absolute atomic E-state index is 16.2. The van der Waals surface area contributed by atoms with Crippen molar-refractivity contribution in [3.63, 3.8) is 0 Å². The van der Waals surface area contributed by atoms with Gasteiger partial charge in [-0.25, -0.2) is 4.79 Å². The number of allylic oxidation sites excluding steroid dienone is 2. The smallest absolute Gasteiger partial charge is 0.335 e. The number of ether oxygens (including phenoxy) is 17. The van der Waals surface area contributed by atoms with Gasteiger partial charge in [-0.2, -0.15) is 0 Å². The van der Waals surface area contributed by atoms with Crippen molar-refractivity contribution in [1.29, 1.82) is 0 Å². The third kappa shape index (κ3) is 26.6. The topological polar surface area (TPSA) is 714 Å². The summed E-state index contributed by atoms with van der Waals surface area (Å²) >= 11 is 0. The molecule has 7 aliphatic carbocycles. The van der Waals surface area contributed by atoms with Gasteiger partial charge in [-0.15, -0.1) is 0 Å². The number of hydrogen-bond acceptors (Lipinski definition) is 44. The minimum Gasteiger partial charge on any atom is -0.479 e. The highest BCUT2D eigenvalue weighted by Gasteiger charge is 2.74. The van der Waals surface area contributed by atoms with E-state index in [0.29, 0.717) is 38.5 Å². The number of aliphatic hydroxyl groups excluding tert-OH is 23. The summed E-state index contributed by atoms with van der Waals surface area (Å²) in [6.07, 6.45) is -35.4. The fraction of sp³-hybridized carbons (Fsp3) is 0.951. The third-order valence-corrected chi connectivity index (χ3v) is 35.5. The molecule has 7 aliphatic heterocycles. The van der Waals surface area contributed by atoms with Crippen LogP contribution in [0.2, 0.25) is 0 Å². The number of hydrogen-bond donors (Lipinski definition) is 25. The van der Waals surface area contributed by atoms with E-state index in [9.17, 15) is 112 Å². The molecule has 0 aromatic rings. The average Bonchev–Trinajstić information content (AvgIpc) is 0.840. The zero-order valence-electron chi connectivity index (χ0n) is 87.5. The van der Waals surface area contributed by atoms with Crippen molar-refractivity contribution in [1.82, 2.24) is 0 Å². The van der Waals surface area contributed by atoms with Crippen molar-refractivity contribution in [2.24, 2.45) is 62.1 Å². The molecule has 0 radical (unpaired) electrons. The van der Waals surface area contributed by atoms with Crippen LogP contribution in [0.15, 0.2) is 11.6 Å². The van der Waals surface area contributed by atoms with Crippen molar-refractivity contribution in [3.8, 4) is 0 Å². The van der Waals surface area contributed by atoms with E-state index < -0.39 is 334 Å². The van der Waals surface area contributed by atoms with Crippen LogP contribution in [0.4, 0.5) is 0 Å². The number of carbonyl (C=O) groups is 3. The second-order valence-corrected chi connectivity index (χ2v) is 45.7. The molecule has 50 atom stereocenters. The number of carboxylic acids is 1. The number of rotatable bonds is 34. The van der Waals surface area contributed by atoms with Crippen LogP contribution >= 0.6 is 0 Å². The summed E-state index contributed by atoms with van der Waals surface area (Å²) in [4.78, 5) is 42.5. The highest BCUT2D eigenvalue weighted by Crippen LogP contribution is 2.76. The molecule has 45 nitrogen and oxygen atoms in total. The Balaban J connectivity index is 0.000000542. The van der Waals surface area contributed by atoms with Gasteiger partial charge in [-0.05, 0) is 150 Å². The van der Waals surface area contributed by atoms with E-state index >= 15 is 4.79 Å². The zero-order valence-corrected chi connectivity index (χ0v) is 87.5. The fourth-order valence-corrected chi connectivity index (χ4v) is 26.0. The molecular weight excluding hydrogens is 1950 g/mol. The first-order valence-corrected chi connectivity index (χ1v) is 53.0. The lowest BCUT2D eigenvalue weighted by Gasteiger charge is -2.72. The fourth-order valence-electron chi connectivity index (χ4n) is 26.0. The Morgan fingerprint density at radius 3 is 1.65 bits per heavy atom. The van der Waals surface area contributed by atoms with Gasteiger partial charge in [0.05, 0.1) is 127 Å². The summed E-state index contributed by atoms with van der Waals surface area (Å²) in [6, 6.07) is 0. The first kappa shape index (κ1) is 124. The van der Waals surface area contributed by atoms with Crippen molar-refractivity contribution in [2.45, 2.75) is 469 Å². The largest absolute Gasteiger partial charge is 0.479 e. The molecule has 0 amide bonds. The van der Waals surface area contributed by atoms with Crippen LogP contribution in [0.5, 0.6) is 0 Å². The lowest BCUT2D eigenvalue weighted by molar-refractivity contribution is -0.371. The van der Waals surface area contributed by atoms with Crippen molar-refractivity contribution in [2.75, 3.05) is 80.3 Å². The van der Waals surface area contributed by atoms with Gasteiger partial charge in [0.1, 0.15) is 158 Å². The number of methoxy groups -OCH3 is 2. The SMILES string of the molecule is CCCCCCCCCCCCOC(=O)CCO[C@H]1C(C)O[C@@H](OC(=O)[C@]23CCC(C)(C)CC2C2=CCC4[C@@]5(C)CCC(O[C@@H]6OC(C(=O)O)[C@@H](O)C(O[C@@H]7OC[C@@H](O)C(O)C7O)C6O[C@@H]6CC(CO)[C@H](O)C(O)C6O)[C@@](C)(CO)C5CC[C@@]4(C)[C@]2(C)CC3O)C(O[C@@H]2CC(C)[C@H](O[C@@H]3OC[C@@H](O)C(OC)C3O)C(OC)C2O)C1O.C[C@@H]1OC(CO)[C@@H](O)C(O)C1O.C[C@@H]1OCC(O)(CO)[C@@H]1O.C[C@@H]1OC[C@@H](O)C(O)C1O. The Morgan fingerprint density at radius 1 is 0.463 bits per heavy atom. The molecule has 45 heteroatoms. The van der Waals surface area contributed by atoms with Crippen LogP contribution < -0.4 is 0 Å². The number of carboxylic acid groups (broad SMARTS) is 1. The molecule has 147 heavy (non-hydrogen) atoms. The summed E-state index contributed by atoms with van der Waals surface area (Å²) < 4.78 is 102. The lowest BCUT2D eigenvalue weighted by atomic mass is 9.33. The molecule has 0 aromatic heterocycles. The normalized spacial score (nSPS) is 48.1. The van der Waals surface area contributed by atoms with Gasteiger partial charge in [-0.3, -0.25) is 9.59 Å². The predicted octanol–water partition coefficient (Wildman–Crippen LogP) is -2.68. The van der Waals surface area contributed by atoms with Crippen LogP contribution in [0.1, 0.15) is 224 Å².